The molecule has 2 heterocycles. The Morgan fingerprint density at radius 1 is 0.404 bits per heavy atom. The largest absolute Gasteiger partial charge is 0.456 e. The highest BCUT2D eigenvalue weighted by Gasteiger charge is 2.37. The molecule has 2 aromatic heterocycles. The molecule has 0 N–H and O–H groups in total. The van der Waals surface area contributed by atoms with E-state index in [0.29, 0.717) is 17.5 Å². The van der Waals surface area contributed by atoms with E-state index in [9.17, 15) is 0 Å². The number of hydrogen-bond donors (Lipinski definition) is 0. The van der Waals surface area contributed by atoms with E-state index in [1.54, 1.807) is 0 Å². The van der Waals surface area contributed by atoms with Gasteiger partial charge in [0.1, 0.15) is 11.2 Å². The minimum Gasteiger partial charge on any atom is -0.456 e. The summed E-state index contributed by atoms with van der Waals surface area (Å²) in [5.41, 5.74) is 14.2. The Morgan fingerprint density at radius 3 is 1.63 bits per heavy atom. The summed E-state index contributed by atoms with van der Waals surface area (Å²) >= 11 is 0. The quantitative estimate of drug-likeness (QED) is 0.183. The molecule has 4 heteroatoms. The molecular weight excluding hydrogens is 635 g/mol. The van der Waals surface area contributed by atoms with Crippen molar-refractivity contribution in [3.8, 4) is 67.5 Å². The average molecular weight is 668 g/mol. The summed E-state index contributed by atoms with van der Waals surface area (Å²) in [5, 5.41) is 2.17. The van der Waals surface area contributed by atoms with Gasteiger partial charge in [0.15, 0.2) is 17.5 Å². The van der Waals surface area contributed by atoms with Crippen molar-refractivity contribution in [2.45, 2.75) is 19.3 Å². The van der Waals surface area contributed by atoms with Gasteiger partial charge in [-0.05, 0) is 68.8 Å². The molecular formula is C48H33N3O. The summed E-state index contributed by atoms with van der Waals surface area (Å²) in [6.45, 7) is 4.66. The topological polar surface area (TPSA) is 51.8 Å². The smallest absolute Gasteiger partial charge is 0.164 e. The molecule has 0 saturated carbocycles. The molecule has 0 unspecified atom stereocenters. The third kappa shape index (κ3) is 4.79. The Kier molecular flexibility index (Phi) is 6.80. The maximum Gasteiger partial charge on any atom is 0.164 e. The van der Waals surface area contributed by atoms with Crippen LogP contribution in [0.4, 0.5) is 0 Å². The van der Waals surface area contributed by atoms with Crippen LogP contribution in [0.15, 0.2) is 168 Å². The third-order valence-corrected chi connectivity index (χ3v) is 10.5. The molecule has 0 saturated heterocycles. The molecule has 0 radical (unpaired) electrons. The number of furan rings is 1. The first-order chi connectivity index (χ1) is 25.5. The van der Waals surface area contributed by atoms with Crippen molar-refractivity contribution in [1.29, 1.82) is 0 Å². The molecule has 0 fully saturated rings. The highest BCUT2D eigenvalue weighted by molar-refractivity contribution is 6.13. The fourth-order valence-electron chi connectivity index (χ4n) is 8.07. The predicted molar refractivity (Wildman–Crippen MR) is 212 cm³/mol. The summed E-state index contributed by atoms with van der Waals surface area (Å²) in [5.74, 6) is 1.86. The van der Waals surface area contributed by atoms with Crippen LogP contribution in [-0.4, -0.2) is 15.0 Å². The number of hydrogen-bond acceptors (Lipinski definition) is 4. The zero-order valence-corrected chi connectivity index (χ0v) is 28.8. The molecule has 10 rings (SSSR count). The lowest BCUT2D eigenvalue weighted by Gasteiger charge is -2.24. The summed E-state index contributed by atoms with van der Waals surface area (Å²) in [4.78, 5) is 15.3. The van der Waals surface area contributed by atoms with Crippen molar-refractivity contribution in [3.63, 3.8) is 0 Å². The fourth-order valence-corrected chi connectivity index (χ4v) is 8.07. The van der Waals surface area contributed by atoms with Crippen molar-refractivity contribution in [3.05, 3.63) is 175 Å². The Labute approximate surface area is 302 Å². The maximum atomic E-state index is 6.48. The number of benzene rings is 7. The van der Waals surface area contributed by atoms with Gasteiger partial charge in [-0.25, -0.2) is 15.0 Å². The lowest BCUT2D eigenvalue weighted by atomic mass is 9.79. The molecule has 0 aliphatic heterocycles. The molecule has 0 amide bonds. The summed E-state index contributed by atoms with van der Waals surface area (Å²) in [6.07, 6.45) is 0. The Morgan fingerprint density at radius 2 is 0.942 bits per heavy atom. The highest BCUT2D eigenvalue weighted by Crippen LogP contribution is 2.53. The predicted octanol–water partition coefficient (Wildman–Crippen LogP) is 12.4. The van der Waals surface area contributed by atoms with Crippen molar-refractivity contribution in [1.82, 2.24) is 15.0 Å². The van der Waals surface area contributed by atoms with E-state index in [0.717, 1.165) is 49.8 Å². The number of nitrogens with zero attached hydrogens (tertiary/aromatic N) is 3. The second kappa shape index (κ2) is 11.7. The van der Waals surface area contributed by atoms with E-state index < -0.39 is 0 Å². The standard InChI is InChI=1S/C48H33N3O/c1-48(2)40-27-25-33(28-39(40)37-22-12-21-36(44(37)48)31-16-8-4-9-17-31)46-49-45(32-18-10-5-11-19-32)50-47(51-46)34-24-26-38-42(29-34)52-41-23-13-20-35(43(38)41)30-14-6-3-7-15-30/h3-29H,1-2H3. The van der Waals surface area contributed by atoms with Gasteiger partial charge >= 0.3 is 0 Å². The zero-order valence-electron chi connectivity index (χ0n) is 28.8. The van der Waals surface area contributed by atoms with Gasteiger partial charge < -0.3 is 4.42 Å². The Balaban J connectivity index is 1.13. The molecule has 246 valence electrons. The first kappa shape index (κ1) is 30.2. The number of aromatic nitrogens is 3. The molecule has 1 aliphatic carbocycles. The van der Waals surface area contributed by atoms with Crippen molar-refractivity contribution in [2.24, 2.45) is 0 Å². The van der Waals surface area contributed by atoms with Gasteiger partial charge in [0.25, 0.3) is 0 Å². The monoisotopic (exact) mass is 667 g/mol. The van der Waals surface area contributed by atoms with Crippen LogP contribution in [0.25, 0.3) is 89.5 Å². The zero-order chi connectivity index (χ0) is 34.8. The summed E-state index contributed by atoms with van der Waals surface area (Å²) in [7, 11) is 0. The van der Waals surface area contributed by atoms with E-state index in [1.165, 1.54) is 33.4 Å². The normalized spacial score (nSPS) is 13.0. The summed E-state index contributed by atoms with van der Waals surface area (Å²) in [6, 6.07) is 57.2. The van der Waals surface area contributed by atoms with Gasteiger partial charge in [0.2, 0.25) is 0 Å². The molecule has 0 spiro atoms. The van der Waals surface area contributed by atoms with Gasteiger partial charge in [-0.15, -0.1) is 0 Å². The van der Waals surface area contributed by atoms with Crippen LogP contribution in [0.1, 0.15) is 25.0 Å². The van der Waals surface area contributed by atoms with E-state index in [2.05, 4.69) is 135 Å². The minimum absolute atomic E-state index is 0.169. The van der Waals surface area contributed by atoms with Crippen LogP contribution >= 0.6 is 0 Å². The first-order valence-corrected chi connectivity index (χ1v) is 17.7. The number of fused-ring (bicyclic) bond motifs is 6. The summed E-state index contributed by atoms with van der Waals surface area (Å²) < 4.78 is 6.48. The van der Waals surface area contributed by atoms with Gasteiger partial charge in [0.05, 0.1) is 0 Å². The molecule has 4 nitrogen and oxygen atoms in total. The minimum atomic E-state index is -0.169. The van der Waals surface area contributed by atoms with Gasteiger partial charge in [-0.1, -0.05) is 153 Å². The molecule has 52 heavy (non-hydrogen) atoms. The van der Waals surface area contributed by atoms with Crippen molar-refractivity contribution in [2.75, 3.05) is 0 Å². The SMILES string of the molecule is CC1(C)c2ccc(-c3nc(-c4ccccc4)nc(-c4ccc5c(c4)oc4cccc(-c6ccccc6)c45)n3)cc2-c2cccc(-c3ccccc3)c21. The van der Waals surface area contributed by atoms with Crippen LogP contribution in [0.5, 0.6) is 0 Å². The Bertz CT molecular complexity index is 2800. The molecule has 1 aliphatic rings. The average Bonchev–Trinajstić information content (AvgIpc) is 3.70. The lowest BCUT2D eigenvalue weighted by Crippen LogP contribution is -2.16. The lowest BCUT2D eigenvalue weighted by molar-refractivity contribution is 0.662. The third-order valence-electron chi connectivity index (χ3n) is 10.5. The van der Waals surface area contributed by atoms with Crippen LogP contribution in [0.2, 0.25) is 0 Å². The first-order valence-electron chi connectivity index (χ1n) is 17.7. The number of rotatable bonds is 5. The molecule has 7 aromatic carbocycles. The highest BCUT2D eigenvalue weighted by atomic mass is 16.3. The van der Waals surface area contributed by atoms with Crippen LogP contribution < -0.4 is 0 Å². The van der Waals surface area contributed by atoms with E-state index >= 15 is 0 Å². The second-order valence-electron chi connectivity index (χ2n) is 14.0. The van der Waals surface area contributed by atoms with Gasteiger partial charge in [-0.2, -0.15) is 0 Å². The second-order valence-corrected chi connectivity index (χ2v) is 14.0. The van der Waals surface area contributed by atoms with Crippen LogP contribution in [0.3, 0.4) is 0 Å². The van der Waals surface area contributed by atoms with Crippen LogP contribution in [0, 0.1) is 0 Å². The van der Waals surface area contributed by atoms with Crippen molar-refractivity contribution >= 4 is 21.9 Å². The molecule has 0 atom stereocenters. The van der Waals surface area contributed by atoms with Crippen LogP contribution in [-0.2, 0) is 5.41 Å². The Hall–Kier alpha value is -6.65. The molecule has 9 aromatic rings. The fraction of sp³-hybridized carbons (Fsp3) is 0.0625. The molecule has 0 bridgehead atoms. The van der Waals surface area contributed by atoms with Crippen molar-refractivity contribution < 1.29 is 4.42 Å². The van der Waals surface area contributed by atoms with Gasteiger partial charge in [-0.3, -0.25) is 0 Å². The van der Waals surface area contributed by atoms with E-state index in [4.69, 9.17) is 19.4 Å². The van der Waals surface area contributed by atoms with E-state index in [-0.39, 0.29) is 5.41 Å². The van der Waals surface area contributed by atoms with E-state index in [1.807, 2.05) is 42.5 Å². The maximum absolute atomic E-state index is 6.48. The van der Waals surface area contributed by atoms with Gasteiger partial charge in [0, 0.05) is 32.9 Å².